The lowest BCUT2D eigenvalue weighted by atomic mass is 9.71. The summed E-state index contributed by atoms with van der Waals surface area (Å²) in [5.74, 6) is 0.764. The van der Waals surface area contributed by atoms with Gasteiger partial charge < -0.3 is 0 Å². The van der Waals surface area contributed by atoms with Gasteiger partial charge in [-0.05, 0) is 50.0 Å². The molecule has 0 saturated heterocycles. The second-order valence-electron chi connectivity index (χ2n) is 7.25. The highest BCUT2D eigenvalue weighted by atomic mass is 14.3. The maximum absolute atomic E-state index is 4.23. The third-order valence-electron chi connectivity index (χ3n) is 3.81. The normalized spacial score (nSPS) is 18.1. The smallest absolute Gasteiger partial charge is 0.0642 e. The lowest BCUT2D eigenvalue weighted by Crippen LogP contribution is -2.20. The van der Waals surface area contributed by atoms with Gasteiger partial charge >= 0.3 is 0 Å². The first-order valence-electron chi connectivity index (χ1n) is 6.89. The molecule has 0 nitrogen and oxygen atoms in total. The summed E-state index contributed by atoms with van der Waals surface area (Å²) in [5, 5.41) is 0. The van der Waals surface area contributed by atoms with Gasteiger partial charge in [-0.1, -0.05) is 45.4 Å². The van der Waals surface area contributed by atoms with Crippen LogP contribution in [0.25, 0.3) is 0 Å². The first-order chi connectivity index (χ1) is 7.63. The van der Waals surface area contributed by atoms with E-state index in [-0.39, 0.29) is 5.41 Å². The minimum Gasteiger partial charge on any atom is -0.0642 e. The third-order valence-corrected chi connectivity index (χ3v) is 3.81. The standard InChI is InChI=1S/C17H29/c1-13(2)12-17(6,7)15-10-8-14(9-11-15)16(3,4)5/h8,10,13H,3,9,11-12H2,1-2,4-7H3/q+1. The van der Waals surface area contributed by atoms with E-state index in [4.69, 9.17) is 0 Å². The second-order valence-corrected chi connectivity index (χ2v) is 7.25. The van der Waals surface area contributed by atoms with Gasteiger partial charge in [0.25, 0.3) is 0 Å². The summed E-state index contributed by atoms with van der Waals surface area (Å²) in [4.78, 5) is 0. The number of hydrogen-bond donors (Lipinski definition) is 0. The Bertz CT molecular complexity index is 318. The first-order valence-corrected chi connectivity index (χ1v) is 6.89. The van der Waals surface area contributed by atoms with E-state index in [1.54, 1.807) is 5.57 Å². The van der Waals surface area contributed by atoms with Crippen LogP contribution < -0.4 is 0 Å². The summed E-state index contributed by atoms with van der Waals surface area (Å²) in [6.07, 6.45) is 8.34. The van der Waals surface area contributed by atoms with E-state index in [1.807, 2.05) is 0 Å². The van der Waals surface area contributed by atoms with Gasteiger partial charge in [0.1, 0.15) is 5.41 Å². The van der Waals surface area contributed by atoms with E-state index in [1.165, 1.54) is 24.8 Å². The van der Waals surface area contributed by atoms with Gasteiger partial charge in [-0.25, -0.2) is 0 Å². The predicted molar refractivity (Wildman–Crippen MR) is 77.8 cm³/mol. The summed E-state index contributed by atoms with van der Waals surface area (Å²) >= 11 is 0. The van der Waals surface area contributed by atoms with Crippen molar-refractivity contribution in [1.82, 2.24) is 0 Å². The molecule has 0 bridgehead atoms. The Hall–Kier alpha value is -0.650. The summed E-state index contributed by atoms with van der Waals surface area (Å²) in [6.45, 7) is 18.0. The van der Waals surface area contributed by atoms with Crippen molar-refractivity contribution in [2.45, 2.75) is 60.8 Å². The van der Waals surface area contributed by atoms with Crippen molar-refractivity contribution >= 4 is 0 Å². The molecule has 1 aliphatic rings. The summed E-state index contributed by atoms with van der Waals surface area (Å²) < 4.78 is 0. The first kappa shape index (κ1) is 14.4. The van der Waals surface area contributed by atoms with Crippen LogP contribution in [0.1, 0.15) is 60.8 Å². The van der Waals surface area contributed by atoms with E-state index in [2.05, 4.69) is 60.6 Å². The lowest BCUT2D eigenvalue weighted by Gasteiger charge is -2.33. The fraction of sp³-hybridized carbons (Fsp3) is 0.706. The Morgan fingerprint density at radius 1 is 1.06 bits per heavy atom. The quantitative estimate of drug-likeness (QED) is 0.557. The zero-order valence-corrected chi connectivity index (χ0v) is 12.6. The molecule has 17 heavy (non-hydrogen) atoms. The SMILES string of the molecule is [CH2+]C(C)(C)C1=CC=C(C(C)(C)CC(C)C)CC1. The van der Waals surface area contributed by atoms with Crippen LogP contribution in [0.5, 0.6) is 0 Å². The molecule has 0 aliphatic heterocycles. The molecule has 0 aromatic carbocycles. The Labute approximate surface area is 108 Å². The predicted octanol–water partition coefficient (Wildman–Crippen LogP) is 5.57. The van der Waals surface area contributed by atoms with Crippen LogP contribution in [-0.4, -0.2) is 0 Å². The van der Waals surface area contributed by atoms with E-state index < -0.39 is 0 Å². The van der Waals surface area contributed by atoms with Crippen molar-refractivity contribution in [3.63, 3.8) is 0 Å². The monoisotopic (exact) mass is 233 g/mol. The molecule has 0 atom stereocenters. The van der Waals surface area contributed by atoms with Crippen molar-refractivity contribution in [3.05, 3.63) is 30.2 Å². The van der Waals surface area contributed by atoms with Crippen LogP contribution in [0, 0.1) is 23.7 Å². The van der Waals surface area contributed by atoms with Gasteiger partial charge in [0.05, 0.1) is 6.92 Å². The molecule has 0 N–H and O–H groups in total. The number of hydrogen-bond acceptors (Lipinski definition) is 0. The van der Waals surface area contributed by atoms with Gasteiger partial charge in [0.2, 0.25) is 0 Å². The van der Waals surface area contributed by atoms with E-state index >= 15 is 0 Å². The molecule has 0 aromatic rings. The van der Waals surface area contributed by atoms with Crippen LogP contribution in [0.4, 0.5) is 0 Å². The largest absolute Gasteiger partial charge is 0.121 e. The van der Waals surface area contributed by atoms with Crippen molar-refractivity contribution in [2.75, 3.05) is 0 Å². The third kappa shape index (κ3) is 3.94. The van der Waals surface area contributed by atoms with Crippen molar-refractivity contribution in [3.8, 4) is 0 Å². The van der Waals surface area contributed by atoms with Crippen molar-refractivity contribution in [1.29, 1.82) is 0 Å². The van der Waals surface area contributed by atoms with Crippen LogP contribution in [0.2, 0.25) is 0 Å². The van der Waals surface area contributed by atoms with Gasteiger partial charge in [0.15, 0.2) is 0 Å². The molecule has 96 valence electrons. The zero-order chi connectivity index (χ0) is 13.3. The lowest BCUT2D eigenvalue weighted by molar-refractivity contribution is 0.332. The Balaban J connectivity index is 2.83. The molecule has 1 rings (SSSR count). The average molecular weight is 233 g/mol. The molecule has 0 unspecified atom stereocenters. The van der Waals surface area contributed by atoms with Gasteiger partial charge in [0, 0.05) is 0 Å². The molecular formula is C17H29+. The number of allylic oxidation sites excluding steroid dienone is 4. The van der Waals surface area contributed by atoms with Gasteiger partial charge in [-0.2, -0.15) is 0 Å². The van der Waals surface area contributed by atoms with Crippen LogP contribution in [-0.2, 0) is 0 Å². The summed E-state index contributed by atoms with van der Waals surface area (Å²) in [5.41, 5.74) is 3.53. The summed E-state index contributed by atoms with van der Waals surface area (Å²) in [6, 6.07) is 0. The van der Waals surface area contributed by atoms with Gasteiger partial charge in [-0.15, -0.1) is 0 Å². The summed E-state index contributed by atoms with van der Waals surface area (Å²) in [7, 11) is 0. The van der Waals surface area contributed by atoms with Crippen LogP contribution >= 0.6 is 0 Å². The molecule has 0 spiro atoms. The maximum Gasteiger partial charge on any atom is 0.121 e. The molecule has 0 saturated carbocycles. The molecular weight excluding hydrogens is 204 g/mol. The Morgan fingerprint density at radius 2 is 1.53 bits per heavy atom. The second kappa shape index (κ2) is 4.92. The minimum absolute atomic E-state index is 0.0875. The number of rotatable bonds is 4. The highest BCUT2D eigenvalue weighted by Gasteiger charge is 2.30. The van der Waals surface area contributed by atoms with Crippen molar-refractivity contribution in [2.24, 2.45) is 16.7 Å². The molecule has 0 radical (unpaired) electrons. The van der Waals surface area contributed by atoms with E-state index in [0.29, 0.717) is 5.41 Å². The highest BCUT2D eigenvalue weighted by Crippen LogP contribution is 2.41. The topological polar surface area (TPSA) is 0 Å². The zero-order valence-electron chi connectivity index (χ0n) is 12.6. The van der Waals surface area contributed by atoms with Crippen molar-refractivity contribution < 1.29 is 0 Å². The Morgan fingerprint density at radius 3 is 1.88 bits per heavy atom. The minimum atomic E-state index is 0.0875. The maximum atomic E-state index is 4.23. The highest BCUT2D eigenvalue weighted by molar-refractivity contribution is 5.31. The average Bonchev–Trinajstić information content (AvgIpc) is 2.14. The molecule has 0 amide bonds. The van der Waals surface area contributed by atoms with Crippen LogP contribution in [0.3, 0.4) is 0 Å². The Kier molecular flexibility index (Phi) is 4.17. The molecule has 0 heterocycles. The van der Waals surface area contributed by atoms with Gasteiger partial charge in [-0.3, -0.25) is 0 Å². The molecule has 0 fully saturated rings. The molecule has 1 aliphatic carbocycles. The molecule has 0 heteroatoms. The molecule has 0 aromatic heterocycles. The van der Waals surface area contributed by atoms with E-state index in [0.717, 1.165) is 5.92 Å². The van der Waals surface area contributed by atoms with Crippen LogP contribution in [0.15, 0.2) is 23.3 Å². The van der Waals surface area contributed by atoms with E-state index in [9.17, 15) is 0 Å². The fourth-order valence-electron chi connectivity index (χ4n) is 2.92. The fourth-order valence-corrected chi connectivity index (χ4v) is 2.92.